The van der Waals surface area contributed by atoms with Gasteiger partial charge in [0.05, 0.1) is 17.9 Å². The molecule has 1 aliphatic heterocycles. The second-order valence-corrected chi connectivity index (χ2v) is 3.10. The fraction of sp³-hybridized carbons (Fsp3) is 0.625. The molecule has 0 radical (unpaired) electrons. The lowest BCUT2D eigenvalue weighted by Crippen LogP contribution is -2.19. The van der Waals surface area contributed by atoms with E-state index in [-0.39, 0.29) is 24.8 Å². The number of halogens is 2. The summed E-state index contributed by atoms with van der Waals surface area (Å²) in [6.07, 6.45) is 5.66. The van der Waals surface area contributed by atoms with Gasteiger partial charge in [-0.3, -0.25) is 4.68 Å². The van der Waals surface area contributed by atoms with E-state index >= 15 is 0 Å². The van der Waals surface area contributed by atoms with Crippen LogP contribution in [0.25, 0.3) is 0 Å². The molecule has 82 valence electrons. The van der Waals surface area contributed by atoms with Crippen LogP contribution in [0.2, 0.25) is 0 Å². The number of nitrogen functional groups attached to an aromatic ring is 1. The molecule has 2 heterocycles. The number of nitrogens with zero attached hydrogens (tertiary/aromatic N) is 2. The first-order valence-corrected chi connectivity index (χ1v) is 4.23. The van der Waals surface area contributed by atoms with Crippen LogP contribution in [0.5, 0.6) is 0 Å². The summed E-state index contributed by atoms with van der Waals surface area (Å²) in [7, 11) is 0. The Balaban J connectivity index is 0.000000845. The van der Waals surface area contributed by atoms with Gasteiger partial charge in [-0.1, -0.05) is 0 Å². The normalized spacial score (nSPS) is 16.9. The maximum absolute atomic E-state index is 5.57. The molecule has 14 heavy (non-hydrogen) atoms. The summed E-state index contributed by atoms with van der Waals surface area (Å²) in [4.78, 5) is 0. The molecule has 1 aromatic heterocycles. The van der Waals surface area contributed by atoms with Crippen molar-refractivity contribution in [2.24, 2.45) is 0 Å². The lowest BCUT2D eigenvalue weighted by Gasteiger charge is -2.22. The van der Waals surface area contributed by atoms with Crippen LogP contribution in [0.3, 0.4) is 0 Å². The molecular weight excluding hydrogens is 225 g/mol. The molecule has 1 fully saturated rings. The topological polar surface area (TPSA) is 53.1 Å². The van der Waals surface area contributed by atoms with Gasteiger partial charge in [0.1, 0.15) is 0 Å². The molecule has 0 saturated carbocycles. The van der Waals surface area contributed by atoms with Crippen LogP contribution in [-0.4, -0.2) is 23.0 Å². The number of aromatic nitrogens is 2. The standard InChI is InChI=1S/C8H13N3O.2ClH/c9-7-5-10-11(6-7)8-1-3-12-4-2-8;;/h5-6,8H,1-4,9H2;2*1H. The van der Waals surface area contributed by atoms with Gasteiger partial charge in [0, 0.05) is 19.4 Å². The molecule has 2 rings (SSSR count). The molecular formula is C8H15Cl2N3O. The highest BCUT2D eigenvalue weighted by atomic mass is 35.5. The van der Waals surface area contributed by atoms with Crippen LogP contribution in [0, 0.1) is 0 Å². The van der Waals surface area contributed by atoms with E-state index in [4.69, 9.17) is 10.5 Å². The zero-order valence-corrected chi connectivity index (χ0v) is 9.39. The third-order valence-corrected chi connectivity index (χ3v) is 2.19. The van der Waals surface area contributed by atoms with Crippen molar-refractivity contribution < 1.29 is 4.74 Å². The molecule has 0 aliphatic carbocycles. The van der Waals surface area contributed by atoms with Crippen molar-refractivity contribution in [1.29, 1.82) is 0 Å². The van der Waals surface area contributed by atoms with Gasteiger partial charge < -0.3 is 10.5 Å². The molecule has 4 nitrogen and oxygen atoms in total. The minimum absolute atomic E-state index is 0. The predicted octanol–water partition coefficient (Wildman–Crippen LogP) is 1.66. The summed E-state index contributed by atoms with van der Waals surface area (Å²) < 4.78 is 7.20. The highest BCUT2D eigenvalue weighted by molar-refractivity contribution is 5.85. The van der Waals surface area contributed by atoms with Crippen LogP contribution >= 0.6 is 24.8 Å². The monoisotopic (exact) mass is 239 g/mol. The third kappa shape index (κ3) is 3.04. The summed E-state index contributed by atoms with van der Waals surface area (Å²) in [6.45, 7) is 1.68. The molecule has 0 bridgehead atoms. The van der Waals surface area contributed by atoms with E-state index in [2.05, 4.69) is 5.10 Å². The molecule has 1 aromatic rings. The largest absolute Gasteiger partial charge is 0.396 e. The molecule has 0 atom stereocenters. The molecule has 0 aromatic carbocycles. The predicted molar refractivity (Wildman–Crippen MR) is 60.2 cm³/mol. The van der Waals surface area contributed by atoms with Gasteiger partial charge in [-0.15, -0.1) is 24.8 Å². The number of rotatable bonds is 1. The highest BCUT2D eigenvalue weighted by Gasteiger charge is 2.15. The molecule has 1 saturated heterocycles. The zero-order valence-electron chi connectivity index (χ0n) is 7.76. The van der Waals surface area contributed by atoms with E-state index in [1.807, 2.05) is 10.9 Å². The minimum atomic E-state index is 0. The first kappa shape index (κ1) is 13.5. The molecule has 6 heteroatoms. The number of hydrogen-bond donors (Lipinski definition) is 1. The van der Waals surface area contributed by atoms with Crippen molar-refractivity contribution in [3.8, 4) is 0 Å². The number of nitrogens with two attached hydrogens (primary N) is 1. The third-order valence-electron chi connectivity index (χ3n) is 2.19. The Morgan fingerprint density at radius 1 is 1.36 bits per heavy atom. The van der Waals surface area contributed by atoms with E-state index in [9.17, 15) is 0 Å². The van der Waals surface area contributed by atoms with E-state index in [0.717, 1.165) is 31.7 Å². The van der Waals surface area contributed by atoms with Crippen molar-refractivity contribution in [2.45, 2.75) is 18.9 Å². The first-order chi connectivity index (χ1) is 5.86. The number of hydrogen-bond acceptors (Lipinski definition) is 3. The van der Waals surface area contributed by atoms with E-state index in [1.165, 1.54) is 0 Å². The van der Waals surface area contributed by atoms with Gasteiger partial charge in [0.15, 0.2) is 0 Å². The quantitative estimate of drug-likeness (QED) is 0.812. The number of ether oxygens (including phenoxy) is 1. The zero-order chi connectivity index (χ0) is 8.39. The average Bonchev–Trinajstić information content (AvgIpc) is 2.54. The Morgan fingerprint density at radius 3 is 2.50 bits per heavy atom. The van der Waals surface area contributed by atoms with Gasteiger partial charge in [0.25, 0.3) is 0 Å². The summed E-state index contributed by atoms with van der Waals surface area (Å²) in [5, 5.41) is 4.18. The van der Waals surface area contributed by atoms with Gasteiger partial charge in [-0.05, 0) is 12.8 Å². The highest BCUT2D eigenvalue weighted by Crippen LogP contribution is 2.20. The van der Waals surface area contributed by atoms with Crippen molar-refractivity contribution in [3.63, 3.8) is 0 Å². The van der Waals surface area contributed by atoms with Crippen molar-refractivity contribution in [1.82, 2.24) is 9.78 Å². The average molecular weight is 240 g/mol. The first-order valence-electron chi connectivity index (χ1n) is 4.23. The lowest BCUT2D eigenvalue weighted by atomic mass is 10.1. The fourth-order valence-electron chi connectivity index (χ4n) is 1.50. The SMILES string of the molecule is Cl.Cl.Nc1cnn(C2CCOCC2)c1. The molecule has 0 unspecified atom stereocenters. The van der Waals surface area contributed by atoms with Crippen LogP contribution in [0.1, 0.15) is 18.9 Å². The Kier molecular flexibility index (Phi) is 5.92. The van der Waals surface area contributed by atoms with Crippen LogP contribution in [0.15, 0.2) is 12.4 Å². The minimum Gasteiger partial charge on any atom is -0.396 e. The summed E-state index contributed by atoms with van der Waals surface area (Å²) in [5.41, 5.74) is 6.31. The summed E-state index contributed by atoms with van der Waals surface area (Å²) >= 11 is 0. The van der Waals surface area contributed by atoms with Crippen molar-refractivity contribution >= 4 is 30.5 Å². The van der Waals surface area contributed by atoms with Crippen molar-refractivity contribution in [2.75, 3.05) is 18.9 Å². The Morgan fingerprint density at radius 2 is 2.00 bits per heavy atom. The molecule has 0 spiro atoms. The molecule has 2 N–H and O–H groups in total. The van der Waals surface area contributed by atoms with Gasteiger partial charge in [-0.2, -0.15) is 5.10 Å². The Labute approximate surface area is 95.6 Å². The lowest BCUT2D eigenvalue weighted by molar-refractivity contribution is 0.0662. The maximum Gasteiger partial charge on any atom is 0.0719 e. The summed E-state index contributed by atoms with van der Waals surface area (Å²) in [5.74, 6) is 0. The Hall–Kier alpha value is -0.450. The Bertz CT molecular complexity index is 261. The van der Waals surface area contributed by atoms with E-state index in [1.54, 1.807) is 6.20 Å². The van der Waals surface area contributed by atoms with Crippen LogP contribution in [-0.2, 0) is 4.74 Å². The fourth-order valence-corrected chi connectivity index (χ4v) is 1.50. The van der Waals surface area contributed by atoms with E-state index < -0.39 is 0 Å². The number of anilines is 1. The second-order valence-electron chi connectivity index (χ2n) is 3.10. The molecule has 1 aliphatic rings. The smallest absolute Gasteiger partial charge is 0.0719 e. The van der Waals surface area contributed by atoms with Gasteiger partial charge in [-0.25, -0.2) is 0 Å². The van der Waals surface area contributed by atoms with E-state index in [0.29, 0.717) is 6.04 Å². The maximum atomic E-state index is 5.57. The van der Waals surface area contributed by atoms with Crippen LogP contribution in [0.4, 0.5) is 5.69 Å². The van der Waals surface area contributed by atoms with Gasteiger partial charge >= 0.3 is 0 Å². The summed E-state index contributed by atoms with van der Waals surface area (Å²) in [6, 6.07) is 0.482. The van der Waals surface area contributed by atoms with Crippen LogP contribution < -0.4 is 5.73 Å². The van der Waals surface area contributed by atoms with Crippen molar-refractivity contribution in [3.05, 3.63) is 12.4 Å². The second kappa shape index (κ2) is 6.11. The van der Waals surface area contributed by atoms with Gasteiger partial charge in [0.2, 0.25) is 0 Å². The molecule has 0 amide bonds.